The molecule has 1 aromatic rings. The van der Waals surface area contributed by atoms with Crippen molar-refractivity contribution in [3.8, 4) is 0 Å². The van der Waals surface area contributed by atoms with Crippen LogP contribution in [0.2, 0.25) is 0 Å². The average molecular weight is 265 g/mol. The summed E-state index contributed by atoms with van der Waals surface area (Å²) in [6, 6.07) is 1.63. The Morgan fingerprint density at radius 2 is 2.47 bits per heavy atom. The molecule has 2 aliphatic rings. The molecule has 0 aromatic carbocycles. The number of carbonyl (C=O) groups excluding carboxylic acids is 1. The molecule has 104 valence electrons. The molecule has 19 heavy (non-hydrogen) atoms. The first-order valence-electron chi connectivity index (χ1n) is 6.80. The van der Waals surface area contributed by atoms with Gasteiger partial charge in [0.1, 0.15) is 0 Å². The Morgan fingerprint density at radius 1 is 1.63 bits per heavy atom. The summed E-state index contributed by atoms with van der Waals surface area (Å²) in [5.41, 5.74) is 0.837. The molecule has 0 spiro atoms. The number of aliphatic hydroxyl groups is 1. The lowest BCUT2D eigenvalue weighted by atomic mass is 10.1. The topological polar surface area (TPSA) is 78.6 Å². The number of β-amino-alcohol motifs (C(OH)–C–C–N with tert-alkyl or cyclic N) is 1. The highest BCUT2D eigenvalue weighted by Gasteiger charge is 2.38. The number of nitrogens with zero attached hydrogens (tertiary/aromatic N) is 2. The monoisotopic (exact) mass is 265 g/mol. The van der Waals surface area contributed by atoms with Gasteiger partial charge in [-0.05, 0) is 26.2 Å². The Balaban J connectivity index is 1.74. The minimum absolute atomic E-state index is 0.00626. The Kier molecular flexibility index (Phi) is 3.28. The predicted octanol–water partition coefficient (Wildman–Crippen LogP) is 0.369. The third-order valence-electron chi connectivity index (χ3n) is 3.92. The van der Waals surface area contributed by atoms with Crippen LogP contribution in [0.15, 0.2) is 10.6 Å². The lowest BCUT2D eigenvalue weighted by Crippen LogP contribution is -2.43. The molecule has 3 heterocycles. The molecule has 0 saturated carbocycles. The zero-order valence-electron chi connectivity index (χ0n) is 11.0. The second-order valence-corrected chi connectivity index (χ2v) is 5.41. The van der Waals surface area contributed by atoms with E-state index in [1.54, 1.807) is 0 Å². The Labute approximate surface area is 111 Å². The van der Waals surface area contributed by atoms with Crippen LogP contribution in [-0.4, -0.2) is 46.3 Å². The molecule has 6 heteroatoms. The van der Waals surface area contributed by atoms with Gasteiger partial charge in [-0.2, -0.15) is 0 Å². The number of aryl methyl sites for hydroxylation is 1. The van der Waals surface area contributed by atoms with Crippen molar-refractivity contribution < 1.29 is 14.4 Å². The fourth-order valence-corrected chi connectivity index (χ4v) is 2.97. The fraction of sp³-hybridized carbons (Fsp3) is 0.692. The molecule has 2 N–H and O–H groups in total. The molecule has 6 nitrogen and oxygen atoms in total. The number of aliphatic hydroxyl groups excluding tert-OH is 1. The number of aromatic nitrogens is 1. The van der Waals surface area contributed by atoms with E-state index in [4.69, 9.17) is 4.52 Å². The number of likely N-dealkylation sites (tertiary alicyclic amines) is 1. The second-order valence-electron chi connectivity index (χ2n) is 5.41. The number of hydrogen-bond acceptors (Lipinski definition) is 5. The van der Waals surface area contributed by atoms with Crippen molar-refractivity contribution in [2.24, 2.45) is 0 Å². The van der Waals surface area contributed by atoms with Gasteiger partial charge in [-0.25, -0.2) is 0 Å². The van der Waals surface area contributed by atoms with Crippen molar-refractivity contribution in [1.82, 2.24) is 15.4 Å². The highest BCUT2D eigenvalue weighted by molar-refractivity contribution is 5.83. The van der Waals surface area contributed by atoms with E-state index in [-0.39, 0.29) is 18.0 Å². The van der Waals surface area contributed by atoms with Crippen LogP contribution in [-0.2, 0) is 4.79 Å². The van der Waals surface area contributed by atoms with Crippen LogP contribution in [0.5, 0.6) is 0 Å². The molecule has 3 unspecified atom stereocenters. The summed E-state index contributed by atoms with van der Waals surface area (Å²) in [6.07, 6.45) is 1.97. The van der Waals surface area contributed by atoms with Gasteiger partial charge in [0.15, 0.2) is 5.76 Å². The third-order valence-corrected chi connectivity index (χ3v) is 3.92. The largest absolute Gasteiger partial charge is 0.392 e. The number of carbonyl (C=O) groups is 1. The standard InChI is InChI=1S/C13H19N3O3/c1-8-5-12(19-15-8)11-3-2-4-16(11)13(18)10-6-9(17)7-14-10/h5,9-11,14,17H,2-4,6-7H2,1H3. The van der Waals surface area contributed by atoms with E-state index in [2.05, 4.69) is 10.5 Å². The van der Waals surface area contributed by atoms with Gasteiger partial charge in [0.25, 0.3) is 0 Å². The normalized spacial score (nSPS) is 31.1. The minimum atomic E-state index is -0.414. The molecule has 0 bridgehead atoms. The maximum Gasteiger partial charge on any atom is 0.240 e. The lowest BCUT2D eigenvalue weighted by Gasteiger charge is -2.25. The molecule has 1 aromatic heterocycles. The summed E-state index contributed by atoms with van der Waals surface area (Å²) in [5, 5.41) is 16.5. The number of nitrogens with one attached hydrogen (secondary N) is 1. The van der Waals surface area contributed by atoms with E-state index in [1.807, 2.05) is 17.9 Å². The summed E-state index contributed by atoms with van der Waals surface area (Å²) in [5.74, 6) is 0.829. The maximum absolute atomic E-state index is 12.5. The van der Waals surface area contributed by atoms with E-state index < -0.39 is 6.10 Å². The van der Waals surface area contributed by atoms with E-state index in [0.29, 0.717) is 13.0 Å². The third kappa shape index (κ3) is 2.37. The summed E-state index contributed by atoms with van der Waals surface area (Å²) < 4.78 is 5.30. The molecule has 3 atom stereocenters. The maximum atomic E-state index is 12.5. The summed E-state index contributed by atoms with van der Waals surface area (Å²) in [4.78, 5) is 14.3. The molecule has 0 radical (unpaired) electrons. The van der Waals surface area contributed by atoms with Crippen LogP contribution in [0.25, 0.3) is 0 Å². The molecule has 2 aliphatic heterocycles. The molecular formula is C13H19N3O3. The van der Waals surface area contributed by atoms with Gasteiger partial charge < -0.3 is 19.8 Å². The van der Waals surface area contributed by atoms with Gasteiger partial charge in [0.2, 0.25) is 5.91 Å². The summed E-state index contributed by atoms with van der Waals surface area (Å²) in [6.45, 7) is 3.12. The summed E-state index contributed by atoms with van der Waals surface area (Å²) >= 11 is 0. The van der Waals surface area contributed by atoms with Crippen LogP contribution in [0, 0.1) is 6.92 Å². The molecular weight excluding hydrogens is 246 g/mol. The van der Waals surface area contributed by atoms with Crippen molar-refractivity contribution in [2.45, 2.75) is 44.4 Å². The average Bonchev–Trinajstić information content (AvgIpc) is 3.07. The smallest absolute Gasteiger partial charge is 0.240 e. The van der Waals surface area contributed by atoms with E-state index in [1.165, 1.54) is 0 Å². The highest BCUT2D eigenvalue weighted by atomic mass is 16.5. The van der Waals surface area contributed by atoms with Crippen LogP contribution >= 0.6 is 0 Å². The van der Waals surface area contributed by atoms with Crippen LogP contribution in [0.3, 0.4) is 0 Å². The van der Waals surface area contributed by atoms with Crippen LogP contribution in [0.4, 0.5) is 0 Å². The highest BCUT2D eigenvalue weighted by Crippen LogP contribution is 2.33. The molecule has 2 saturated heterocycles. The van der Waals surface area contributed by atoms with Gasteiger partial charge in [0, 0.05) is 19.2 Å². The first-order valence-corrected chi connectivity index (χ1v) is 6.80. The molecule has 3 rings (SSSR count). The minimum Gasteiger partial charge on any atom is -0.392 e. The molecule has 1 amide bonds. The van der Waals surface area contributed by atoms with E-state index in [0.717, 1.165) is 30.8 Å². The van der Waals surface area contributed by atoms with Crippen molar-refractivity contribution >= 4 is 5.91 Å². The SMILES string of the molecule is Cc1cc(C2CCCN2C(=O)C2CC(O)CN2)on1. The fourth-order valence-electron chi connectivity index (χ4n) is 2.97. The van der Waals surface area contributed by atoms with E-state index >= 15 is 0 Å². The first-order chi connectivity index (χ1) is 9.15. The number of amides is 1. The van der Waals surface area contributed by atoms with Crippen molar-refractivity contribution in [3.63, 3.8) is 0 Å². The second kappa shape index (κ2) is 4.94. The van der Waals surface area contributed by atoms with Gasteiger partial charge in [0.05, 0.1) is 23.9 Å². The van der Waals surface area contributed by atoms with Gasteiger partial charge >= 0.3 is 0 Å². The predicted molar refractivity (Wildman–Crippen MR) is 67.3 cm³/mol. The Morgan fingerprint density at radius 3 is 3.11 bits per heavy atom. The number of hydrogen-bond donors (Lipinski definition) is 2. The van der Waals surface area contributed by atoms with Crippen LogP contribution in [0.1, 0.15) is 36.8 Å². The molecule has 0 aliphatic carbocycles. The Hall–Kier alpha value is -1.40. The van der Waals surface area contributed by atoms with Gasteiger partial charge in [-0.1, -0.05) is 5.16 Å². The van der Waals surface area contributed by atoms with Crippen molar-refractivity contribution in [1.29, 1.82) is 0 Å². The zero-order chi connectivity index (χ0) is 13.4. The first kappa shape index (κ1) is 12.6. The lowest BCUT2D eigenvalue weighted by molar-refractivity contribution is -0.134. The Bertz CT molecular complexity index is 473. The molecule has 2 fully saturated rings. The number of rotatable bonds is 2. The zero-order valence-corrected chi connectivity index (χ0v) is 11.0. The van der Waals surface area contributed by atoms with Crippen molar-refractivity contribution in [3.05, 3.63) is 17.5 Å². The van der Waals surface area contributed by atoms with Gasteiger partial charge in [-0.3, -0.25) is 4.79 Å². The van der Waals surface area contributed by atoms with E-state index in [9.17, 15) is 9.90 Å². The van der Waals surface area contributed by atoms with Crippen LogP contribution < -0.4 is 5.32 Å². The summed E-state index contributed by atoms with van der Waals surface area (Å²) in [7, 11) is 0. The quantitative estimate of drug-likeness (QED) is 0.807. The van der Waals surface area contributed by atoms with Gasteiger partial charge in [-0.15, -0.1) is 0 Å². The van der Waals surface area contributed by atoms with Crippen molar-refractivity contribution in [2.75, 3.05) is 13.1 Å².